The number of nitrogens with zero attached hydrogens (tertiary/aromatic N) is 4. The van der Waals surface area contributed by atoms with Crippen LogP contribution in [0.15, 0.2) is 47.4 Å². The number of carbonyl (C=O) groups excluding carboxylic acids is 1. The number of aromatic amines is 1. The second kappa shape index (κ2) is 9.24. The first-order valence-electron chi connectivity index (χ1n) is 10.8. The molecular formula is C23H26FN5O2. The van der Waals surface area contributed by atoms with E-state index in [-0.39, 0.29) is 29.0 Å². The molecule has 4 rings (SSSR count). The van der Waals surface area contributed by atoms with Crippen molar-refractivity contribution in [3.05, 3.63) is 70.3 Å². The van der Waals surface area contributed by atoms with E-state index >= 15 is 0 Å². The molecule has 8 heteroatoms. The minimum atomic E-state index is -0.313. The molecule has 0 spiro atoms. The summed E-state index contributed by atoms with van der Waals surface area (Å²) in [5.41, 5.74) is 1.47. The van der Waals surface area contributed by atoms with E-state index in [2.05, 4.69) is 15.1 Å². The lowest BCUT2D eigenvalue weighted by atomic mass is 10.0. The third-order valence-electron chi connectivity index (χ3n) is 5.62. The van der Waals surface area contributed by atoms with Crippen LogP contribution in [0.2, 0.25) is 0 Å². The summed E-state index contributed by atoms with van der Waals surface area (Å²) in [5, 5.41) is 4.32. The largest absolute Gasteiger partial charge is 0.340 e. The van der Waals surface area contributed by atoms with Gasteiger partial charge in [-0.2, -0.15) is 5.10 Å². The highest BCUT2D eigenvalue weighted by Gasteiger charge is 2.31. The van der Waals surface area contributed by atoms with Gasteiger partial charge in [0.1, 0.15) is 17.3 Å². The minimum Gasteiger partial charge on any atom is -0.340 e. The van der Waals surface area contributed by atoms with Gasteiger partial charge in [-0.15, -0.1) is 0 Å². The van der Waals surface area contributed by atoms with Gasteiger partial charge in [-0.25, -0.2) is 14.1 Å². The summed E-state index contributed by atoms with van der Waals surface area (Å²) >= 11 is 0. The van der Waals surface area contributed by atoms with Crippen LogP contribution < -0.4 is 5.56 Å². The molecule has 1 fully saturated rings. The molecule has 1 aliphatic rings. The van der Waals surface area contributed by atoms with Crippen molar-refractivity contribution in [2.45, 2.75) is 51.6 Å². The van der Waals surface area contributed by atoms with E-state index in [0.29, 0.717) is 30.2 Å². The number of aromatic nitrogens is 4. The first-order chi connectivity index (χ1) is 15.1. The summed E-state index contributed by atoms with van der Waals surface area (Å²) < 4.78 is 15.0. The molecule has 162 valence electrons. The number of aryl methyl sites for hydroxylation is 1. The average molecular weight is 423 g/mol. The molecule has 3 heterocycles. The van der Waals surface area contributed by atoms with Gasteiger partial charge in [0, 0.05) is 24.7 Å². The lowest BCUT2D eigenvalue weighted by Gasteiger charge is -2.34. The van der Waals surface area contributed by atoms with Crippen molar-refractivity contribution in [3.63, 3.8) is 0 Å². The highest BCUT2D eigenvalue weighted by Crippen LogP contribution is 2.31. The normalized spacial score (nSPS) is 16.5. The fourth-order valence-corrected chi connectivity index (χ4v) is 3.95. The molecule has 1 atom stereocenters. The third kappa shape index (κ3) is 4.57. The van der Waals surface area contributed by atoms with Gasteiger partial charge in [0.2, 0.25) is 0 Å². The number of nitrogens with one attached hydrogen (secondary N) is 1. The van der Waals surface area contributed by atoms with Gasteiger partial charge in [0.15, 0.2) is 0 Å². The quantitative estimate of drug-likeness (QED) is 0.651. The highest BCUT2D eigenvalue weighted by atomic mass is 19.1. The van der Waals surface area contributed by atoms with Crippen molar-refractivity contribution >= 4 is 5.91 Å². The van der Waals surface area contributed by atoms with E-state index < -0.39 is 0 Å². The van der Waals surface area contributed by atoms with Crippen molar-refractivity contribution < 1.29 is 9.18 Å². The second-order valence-electron chi connectivity index (χ2n) is 7.84. The van der Waals surface area contributed by atoms with E-state index in [4.69, 9.17) is 0 Å². The number of carbonyl (C=O) groups is 1. The fourth-order valence-electron chi connectivity index (χ4n) is 3.95. The first kappa shape index (κ1) is 21.0. The molecule has 0 radical (unpaired) electrons. The van der Waals surface area contributed by atoms with Gasteiger partial charge in [0.25, 0.3) is 11.5 Å². The van der Waals surface area contributed by atoms with Gasteiger partial charge in [-0.1, -0.05) is 25.5 Å². The van der Waals surface area contributed by atoms with Crippen LogP contribution in [-0.4, -0.2) is 37.1 Å². The topological polar surface area (TPSA) is 83.9 Å². The molecule has 1 aliphatic heterocycles. The van der Waals surface area contributed by atoms with Gasteiger partial charge in [0.05, 0.1) is 17.9 Å². The Labute approximate surface area is 179 Å². The van der Waals surface area contributed by atoms with Crippen LogP contribution in [-0.2, 0) is 6.54 Å². The number of unbranched alkanes of at least 4 members (excludes halogenated alkanes) is 1. The average Bonchev–Trinajstić information content (AvgIpc) is 3.28. The molecule has 0 bridgehead atoms. The molecule has 0 unspecified atom stereocenters. The van der Waals surface area contributed by atoms with E-state index in [0.717, 1.165) is 32.1 Å². The maximum Gasteiger partial charge on any atom is 0.274 e. The van der Waals surface area contributed by atoms with Crippen LogP contribution in [0.4, 0.5) is 4.39 Å². The van der Waals surface area contributed by atoms with Crippen molar-refractivity contribution in [3.8, 4) is 11.3 Å². The van der Waals surface area contributed by atoms with Crippen LogP contribution in [0.5, 0.6) is 0 Å². The summed E-state index contributed by atoms with van der Waals surface area (Å²) in [6.07, 6.45) is 6.09. The van der Waals surface area contributed by atoms with E-state index in [1.165, 1.54) is 28.9 Å². The number of H-pyrrole nitrogens is 1. The lowest BCUT2D eigenvalue weighted by Crippen LogP contribution is -2.40. The zero-order valence-electron chi connectivity index (χ0n) is 17.6. The Bertz CT molecular complexity index is 1120. The predicted molar refractivity (Wildman–Crippen MR) is 115 cm³/mol. The van der Waals surface area contributed by atoms with E-state index in [9.17, 15) is 14.0 Å². The highest BCUT2D eigenvalue weighted by molar-refractivity contribution is 5.92. The molecule has 3 aromatic rings. The van der Waals surface area contributed by atoms with Gasteiger partial charge >= 0.3 is 0 Å². The van der Waals surface area contributed by atoms with E-state index in [1.807, 2.05) is 13.0 Å². The Balaban J connectivity index is 1.60. The minimum absolute atomic E-state index is 0.203. The van der Waals surface area contributed by atoms with Crippen molar-refractivity contribution in [2.75, 3.05) is 6.54 Å². The summed E-state index contributed by atoms with van der Waals surface area (Å²) in [7, 11) is 0. The van der Waals surface area contributed by atoms with Gasteiger partial charge in [-0.3, -0.25) is 9.59 Å². The summed E-state index contributed by atoms with van der Waals surface area (Å²) in [5.74, 6) is 0.151. The van der Waals surface area contributed by atoms with Crippen LogP contribution in [0.3, 0.4) is 0 Å². The maximum atomic E-state index is 13.6. The van der Waals surface area contributed by atoms with Crippen molar-refractivity contribution in [2.24, 2.45) is 0 Å². The monoisotopic (exact) mass is 423 g/mol. The smallest absolute Gasteiger partial charge is 0.274 e. The summed E-state index contributed by atoms with van der Waals surface area (Å²) in [6.45, 7) is 3.13. The van der Waals surface area contributed by atoms with Crippen LogP contribution in [0.25, 0.3) is 11.3 Å². The number of benzene rings is 1. The number of amides is 1. The number of likely N-dealkylation sites (tertiary alicyclic amines) is 1. The first-order valence-corrected chi connectivity index (χ1v) is 10.8. The molecule has 1 N–H and O–H groups in total. The summed E-state index contributed by atoms with van der Waals surface area (Å²) in [4.78, 5) is 34.9. The number of rotatable bonds is 6. The van der Waals surface area contributed by atoms with Crippen molar-refractivity contribution in [1.82, 2.24) is 24.6 Å². The number of piperidine rings is 1. The molecule has 0 saturated carbocycles. The Morgan fingerprint density at radius 2 is 2.13 bits per heavy atom. The maximum absolute atomic E-state index is 13.6. The van der Waals surface area contributed by atoms with Crippen molar-refractivity contribution in [1.29, 1.82) is 0 Å². The number of hydrogen-bond acceptors (Lipinski definition) is 4. The molecule has 1 saturated heterocycles. The fraction of sp³-hybridized carbons (Fsp3) is 0.391. The standard InChI is InChI=1S/C23H26FN5O2/c1-2-3-13-29-21(30)11-10-18(27-29)23(31)28-12-5-4-9-20(28)22-25-15-19(26-22)16-7-6-8-17(24)14-16/h6-8,10-11,14-15,20H,2-5,9,12-13H2,1H3,(H,25,26)/t20-/m1/s1. The third-order valence-corrected chi connectivity index (χ3v) is 5.62. The Morgan fingerprint density at radius 3 is 2.94 bits per heavy atom. The Morgan fingerprint density at radius 1 is 1.26 bits per heavy atom. The lowest BCUT2D eigenvalue weighted by molar-refractivity contribution is 0.0592. The summed E-state index contributed by atoms with van der Waals surface area (Å²) in [6, 6.07) is 9.00. The Kier molecular flexibility index (Phi) is 6.25. The predicted octanol–water partition coefficient (Wildman–Crippen LogP) is 3.94. The molecule has 31 heavy (non-hydrogen) atoms. The number of imidazole rings is 1. The molecule has 1 amide bonds. The van der Waals surface area contributed by atoms with Crippen LogP contribution in [0, 0.1) is 5.82 Å². The molecule has 2 aromatic heterocycles. The number of hydrogen-bond donors (Lipinski definition) is 1. The second-order valence-corrected chi connectivity index (χ2v) is 7.84. The van der Waals surface area contributed by atoms with Gasteiger partial charge in [-0.05, 0) is 43.9 Å². The zero-order valence-corrected chi connectivity index (χ0v) is 17.6. The van der Waals surface area contributed by atoms with E-state index in [1.54, 1.807) is 17.2 Å². The number of halogens is 1. The molecular weight excluding hydrogens is 397 g/mol. The molecule has 7 nitrogen and oxygen atoms in total. The molecule has 0 aliphatic carbocycles. The van der Waals surface area contributed by atoms with Gasteiger partial charge < -0.3 is 9.88 Å². The molecule has 1 aromatic carbocycles. The Hall–Kier alpha value is -3.29. The van der Waals surface area contributed by atoms with Crippen LogP contribution >= 0.6 is 0 Å². The SMILES string of the molecule is CCCCn1nc(C(=O)N2CCCC[C@@H]2c2ncc(-c3cccc(F)c3)[nH]2)ccc1=O. The zero-order chi connectivity index (χ0) is 21.8. The van der Waals surface area contributed by atoms with Crippen LogP contribution in [0.1, 0.15) is 61.4 Å².